The van der Waals surface area contributed by atoms with Crippen LogP contribution in [-0.4, -0.2) is 31.5 Å². The van der Waals surface area contributed by atoms with Gasteiger partial charge in [-0.05, 0) is 6.07 Å². The lowest BCUT2D eigenvalue weighted by atomic mass is 10.3. The van der Waals surface area contributed by atoms with Gasteiger partial charge in [0, 0.05) is 45.0 Å². The Bertz CT molecular complexity index is 327. The molecule has 5 nitrogen and oxygen atoms in total. The Labute approximate surface area is 89.3 Å². The summed E-state index contributed by atoms with van der Waals surface area (Å²) < 4.78 is 0. The maximum Gasteiger partial charge on any atom is 0.221 e. The highest BCUT2D eigenvalue weighted by Crippen LogP contribution is 2.10. The van der Waals surface area contributed by atoms with E-state index in [-0.39, 0.29) is 5.91 Å². The summed E-state index contributed by atoms with van der Waals surface area (Å²) in [5.41, 5.74) is 0.957. The van der Waals surface area contributed by atoms with Crippen LogP contribution in [0.25, 0.3) is 0 Å². The first-order valence-electron chi connectivity index (χ1n) is 4.84. The predicted molar refractivity (Wildman–Crippen MR) is 61.0 cm³/mol. The van der Waals surface area contributed by atoms with Gasteiger partial charge in [0.05, 0.1) is 0 Å². The van der Waals surface area contributed by atoms with E-state index in [0.717, 1.165) is 11.5 Å². The van der Waals surface area contributed by atoms with E-state index in [1.165, 1.54) is 0 Å². The van der Waals surface area contributed by atoms with Gasteiger partial charge >= 0.3 is 0 Å². The SMILES string of the molecule is CNC(=O)CCNc1ccnc(NC)c1. The molecule has 5 heteroatoms. The summed E-state index contributed by atoms with van der Waals surface area (Å²) >= 11 is 0. The van der Waals surface area contributed by atoms with Crippen LogP contribution in [0.15, 0.2) is 18.3 Å². The third kappa shape index (κ3) is 3.84. The topological polar surface area (TPSA) is 66.0 Å². The maximum atomic E-state index is 10.9. The molecule has 0 unspecified atom stereocenters. The van der Waals surface area contributed by atoms with Crippen LogP contribution >= 0.6 is 0 Å². The zero-order valence-corrected chi connectivity index (χ0v) is 9.00. The average molecular weight is 208 g/mol. The Hall–Kier alpha value is -1.78. The standard InChI is InChI=1S/C10H16N4O/c1-11-9-7-8(3-5-14-9)13-6-4-10(15)12-2/h3,5,7H,4,6H2,1-2H3,(H,12,15)(H2,11,13,14). The minimum absolute atomic E-state index is 0.0328. The first kappa shape index (κ1) is 11.3. The number of nitrogens with zero attached hydrogens (tertiary/aromatic N) is 1. The van der Waals surface area contributed by atoms with E-state index < -0.39 is 0 Å². The number of hydrogen-bond donors (Lipinski definition) is 3. The number of pyridine rings is 1. The molecule has 0 aliphatic rings. The monoisotopic (exact) mass is 208 g/mol. The van der Waals surface area contributed by atoms with Crippen molar-refractivity contribution in [2.75, 3.05) is 31.3 Å². The van der Waals surface area contributed by atoms with Gasteiger partial charge in [-0.25, -0.2) is 4.98 Å². The highest BCUT2D eigenvalue weighted by molar-refractivity contribution is 5.76. The van der Waals surface area contributed by atoms with Crippen molar-refractivity contribution < 1.29 is 4.79 Å². The van der Waals surface area contributed by atoms with Crippen molar-refractivity contribution in [3.8, 4) is 0 Å². The van der Waals surface area contributed by atoms with Crippen molar-refractivity contribution in [3.05, 3.63) is 18.3 Å². The third-order valence-corrected chi connectivity index (χ3v) is 1.98. The van der Waals surface area contributed by atoms with Crippen LogP contribution in [0.3, 0.4) is 0 Å². The molecule has 1 rings (SSSR count). The number of hydrogen-bond acceptors (Lipinski definition) is 4. The number of aromatic nitrogens is 1. The molecule has 15 heavy (non-hydrogen) atoms. The maximum absolute atomic E-state index is 10.9. The summed E-state index contributed by atoms with van der Waals surface area (Å²) in [5, 5.41) is 8.66. The fourth-order valence-electron chi connectivity index (χ4n) is 1.12. The van der Waals surface area contributed by atoms with E-state index in [1.807, 2.05) is 19.2 Å². The number of amides is 1. The van der Waals surface area contributed by atoms with Crippen molar-refractivity contribution in [1.82, 2.24) is 10.3 Å². The van der Waals surface area contributed by atoms with E-state index in [0.29, 0.717) is 13.0 Å². The number of carbonyl (C=O) groups is 1. The lowest BCUT2D eigenvalue weighted by Gasteiger charge is -2.06. The number of carbonyl (C=O) groups excluding carboxylic acids is 1. The molecule has 0 aromatic carbocycles. The molecule has 0 radical (unpaired) electrons. The highest BCUT2D eigenvalue weighted by Gasteiger charge is 1.98. The van der Waals surface area contributed by atoms with E-state index in [2.05, 4.69) is 20.9 Å². The summed E-state index contributed by atoms with van der Waals surface area (Å²) in [5.74, 6) is 0.838. The summed E-state index contributed by atoms with van der Waals surface area (Å²) in [6, 6.07) is 3.76. The van der Waals surface area contributed by atoms with Crippen molar-refractivity contribution in [2.24, 2.45) is 0 Å². The molecule has 1 amide bonds. The number of nitrogens with one attached hydrogen (secondary N) is 3. The van der Waals surface area contributed by atoms with Crippen LogP contribution in [0.1, 0.15) is 6.42 Å². The minimum Gasteiger partial charge on any atom is -0.384 e. The zero-order chi connectivity index (χ0) is 11.1. The molecule has 1 aromatic heterocycles. The normalized spacial score (nSPS) is 9.47. The van der Waals surface area contributed by atoms with Crippen LogP contribution in [0.4, 0.5) is 11.5 Å². The van der Waals surface area contributed by atoms with Gasteiger partial charge in [0.2, 0.25) is 5.91 Å². The van der Waals surface area contributed by atoms with Crippen LogP contribution in [0, 0.1) is 0 Å². The van der Waals surface area contributed by atoms with Crippen LogP contribution in [-0.2, 0) is 4.79 Å². The van der Waals surface area contributed by atoms with Crippen molar-refractivity contribution in [2.45, 2.75) is 6.42 Å². The predicted octanol–water partition coefficient (Wildman–Crippen LogP) is 0.671. The quantitative estimate of drug-likeness (QED) is 0.665. The summed E-state index contributed by atoms with van der Waals surface area (Å²) in [7, 11) is 3.45. The van der Waals surface area contributed by atoms with Gasteiger partial charge in [0.25, 0.3) is 0 Å². The molecule has 0 aliphatic heterocycles. The molecule has 0 fully saturated rings. The van der Waals surface area contributed by atoms with Gasteiger partial charge in [-0.1, -0.05) is 0 Å². The fraction of sp³-hybridized carbons (Fsp3) is 0.400. The Balaban J connectivity index is 2.40. The molecule has 3 N–H and O–H groups in total. The fourth-order valence-corrected chi connectivity index (χ4v) is 1.12. The van der Waals surface area contributed by atoms with Crippen molar-refractivity contribution in [3.63, 3.8) is 0 Å². The largest absolute Gasteiger partial charge is 0.384 e. The molecule has 0 saturated carbocycles. The van der Waals surface area contributed by atoms with E-state index in [1.54, 1.807) is 13.2 Å². The second-order valence-corrected chi connectivity index (χ2v) is 3.03. The van der Waals surface area contributed by atoms with Crippen LogP contribution in [0.5, 0.6) is 0 Å². The van der Waals surface area contributed by atoms with Gasteiger partial charge < -0.3 is 16.0 Å². The molecular formula is C10H16N4O. The molecule has 0 bridgehead atoms. The van der Waals surface area contributed by atoms with Gasteiger partial charge in [-0.2, -0.15) is 0 Å². The second kappa shape index (κ2) is 5.85. The second-order valence-electron chi connectivity index (χ2n) is 3.03. The Kier molecular flexibility index (Phi) is 4.40. The molecule has 0 atom stereocenters. The number of anilines is 2. The Morgan fingerprint density at radius 1 is 1.47 bits per heavy atom. The minimum atomic E-state index is 0.0328. The van der Waals surface area contributed by atoms with Crippen molar-refractivity contribution in [1.29, 1.82) is 0 Å². The molecule has 1 heterocycles. The van der Waals surface area contributed by atoms with Gasteiger partial charge in [-0.3, -0.25) is 4.79 Å². The van der Waals surface area contributed by atoms with Gasteiger partial charge in [-0.15, -0.1) is 0 Å². The van der Waals surface area contributed by atoms with E-state index >= 15 is 0 Å². The molecule has 0 saturated heterocycles. The molecule has 82 valence electrons. The molecule has 0 aliphatic carbocycles. The Morgan fingerprint density at radius 2 is 2.27 bits per heavy atom. The lowest BCUT2D eigenvalue weighted by Crippen LogP contribution is -2.20. The summed E-state index contributed by atoms with van der Waals surface area (Å²) in [6.45, 7) is 0.618. The van der Waals surface area contributed by atoms with E-state index in [4.69, 9.17) is 0 Å². The average Bonchev–Trinajstić information content (AvgIpc) is 2.29. The van der Waals surface area contributed by atoms with E-state index in [9.17, 15) is 4.79 Å². The first-order chi connectivity index (χ1) is 7.26. The van der Waals surface area contributed by atoms with Gasteiger partial charge in [0.1, 0.15) is 5.82 Å². The summed E-state index contributed by atoms with van der Waals surface area (Å²) in [6.07, 6.45) is 2.18. The zero-order valence-electron chi connectivity index (χ0n) is 9.00. The third-order valence-electron chi connectivity index (χ3n) is 1.98. The smallest absolute Gasteiger partial charge is 0.221 e. The Morgan fingerprint density at radius 3 is 2.93 bits per heavy atom. The van der Waals surface area contributed by atoms with Crippen LogP contribution < -0.4 is 16.0 Å². The number of rotatable bonds is 5. The summed E-state index contributed by atoms with van der Waals surface area (Å²) in [4.78, 5) is 15.0. The molecular weight excluding hydrogens is 192 g/mol. The highest BCUT2D eigenvalue weighted by atomic mass is 16.1. The molecule has 1 aromatic rings. The lowest BCUT2D eigenvalue weighted by molar-refractivity contribution is -0.120. The molecule has 0 spiro atoms. The first-order valence-corrected chi connectivity index (χ1v) is 4.84. The van der Waals surface area contributed by atoms with Gasteiger partial charge in [0.15, 0.2) is 0 Å². The van der Waals surface area contributed by atoms with Crippen LogP contribution in [0.2, 0.25) is 0 Å². The van der Waals surface area contributed by atoms with Crippen molar-refractivity contribution >= 4 is 17.4 Å².